The molecule has 12 nitrogen and oxygen atoms in total. The lowest BCUT2D eigenvalue weighted by atomic mass is 10.0. The van der Waals surface area contributed by atoms with E-state index in [-0.39, 0.29) is 18.6 Å². The Bertz CT molecular complexity index is 1170. The number of rotatable bonds is 12. The molecule has 0 bridgehead atoms. The fourth-order valence-corrected chi connectivity index (χ4v) is 3.57. The van der Waals surface area contributed by atoms with Crippen molar-refractivity contribution in [1.82, 2.24) is 16.0 Å². The second-order valence-electron chi connectivity index (χ2n) is 8.75. The molecule has 0 saturated carbocycles. The fourth-order valence-electron chi connectivity index (χ4n) is 3.57. The first kappa shape index (κ1) is 27.1. The highest BCUT2D eigenvalue weighted by atomic mass is 16.6. The molecule has 3 rings (SSSR count). The Morgan fingerprint density at radius 2 is 1.38 bits per heavy atom. The van der Waals surface area contributed by atoms with Crippen molar-refractivity contribution in [2.75, 3.05) is 6.54 Å². The maximum Gasteiger partial charge on any atom is 0.253 e. The van der Waals surface area contributed by atoms with Crippen LogP contribution in [0.3, 0.4) is 0 Å². The number of nitrogens with two attached hydrogens (primary N) is 2. The van der Waals surface area contributed by atoms with Gasteiger partial charge in [-0.25, -0.2) is 0 Å². The molecule has 196 valence electrons. The summed E-state index contributed by atoms with van der Waals surface area (Å²) in [6.45, 7) is 1.51. The number of aryl methyl sites for hydroxylation is 1. The van der Waals surface area contributed by atoms with Crippen LogP contribution in [0, 0.1) is 6.92 Å². The number of primary amides is 2. The Balaban J connectivity index is 1.70. The summed E-state index contributed by atoms with van der Waals surface area (Å²) in [7, 11) is 0. The molecule has 4 atom stereocenters. The number of phenolic OH excluding ortho intramolecular Hbond substituents is 1. The van der Waals surface area contributed by atoms with Gasteiger partial charge < -0.3 is 37.3 Å². The average Bonchev–Trinajstić information content (AvgIpc) is 3.65. The Kier molecular flexibility index (Phi) is 8.80. The standard InChI is InChI=1S/C25H29N5O7/c1-13-2-4-14(5-3-13)11-18(30-25(36)21-20(37-21)24(35)28-12-19(26)32)23(34)29-17(22(27)33)10-15-6-8-16(31)9-7-15/h2-9,17-18,20-21,31H,10-12H2,1H3,(H2,26,32)(H2,27,33)(H,28,35)(H,29,34)(H,30,36)/t17-,18-,20-,21-/m0/s1. The molecule has 37 heavy (non-hydrogen) atoms. The summed E-state index contributed by atoms with van der Waals surface area (Å²) >= 11 is 0. The van der Waals surface area contributed by atoms with E-state index in [0.29, 0.717) is 5.56 Å². The molecule has 0 aromatic heterocycles. The third-order valence-corrected chi connectivity index (χ3v) is 5.67. The highest BCUT2D eigenvalue weighted by molar-refractivity contribution is 5.98. The molecule has 12 heteroatoms. The highest BCUT2D eigenvalue weighted by Gasteiger charge is 2.51. The summed E-state index contributed by atoms with van der Waals surface area (Å²) in [5.74, 6) is -3.53. The Morgan fingerprint density at radius 1 is 0.838 bits per heavy atom. The molecule has 0 unspecified atom stereocenters. The summed E-state index contributed by atoms with van der Waals surface area (Å²) in [4.78, 5) is 60.9. The van der Waals surface area contributed by atoms with Crippen molar-refractivity contribution in [2.24, 2.45) is 11.5 Å². The van der Waals surface area contributed by atoms with Crippen LogP contribution in [-0.2, 0) is 41.6 Å². The fraction of sp³-hybridized carbons (Fsp3) is 0.320. The number of nitrogens with one attached hydrogen (secondary N) is 3. The molecule has 2 aromatic carbocycles. The van der Waals surface area contributed by atoms with Crippen LogP contribution in [0.25, 0.3) is 0 Å². The molecule has 1 fully saturated rings. The lowest BCUT2D eigenvalue weighted by Gasteiger charge is -2.22. The number of carbonyl (C=O) groups is 5. The number of amides is 5. The minimum Gasteiger partial charge on any atom is -0.508 e. The Hall–Kier alpha value is -4.45. The van der Waals surface area contributed by atoms with Gasteiger partial charge in [0.25, 0.3) is 11.8 Å². The van der Waals surface area contributed by atoms with Gasteiger partial charge in [0.05, 0.1) is 6.54 Å². The first-order chi connectivity index (χ1) is 17.5. The highest BCUT2D eigenvalue weighted by Crippen LogP contribution is 2.22. The number of carbonyl (C=O) groups excluding carboxylic acids is 5. The summed E-state index contributed by atoms with van der Waals surface area (Å²) in [6.07, 6.45) is -2.10. The van der Waals surface area contributed by atoms with Crippen molar-refractivity contribution in [3.8, 4) is 5.75 Å². The number of ether oxygens (including phenoxy) is 1. The van der Waals surface area contributed by atoms with Gasteiger partial charge in [0.15, 0.2) is 12.2 Å². The number of hydrogen-bond acceptors (Lipinski definition) is 7. The van der Waals surface area contributed by atoms with Gasteiger partial charge in [-0.2, -0.15) is 0 Å². The largest absolute Gasteiger partial charge is 0.508 e. The van der Waals surface area contributed by atoms with Gasteiger partial charge >= 0.3 is 0 Å². The van der Waals surface area contributed by atoms with Crippen molar-refractivity contribution in [2.45, 2.75) is 44.1 Å². The van der Waals surface area contributed by atoms with E-state index in [4.69, 9.17) is 16.2 Å². The van der Waals surface area contributed by atoms with Gasteiger partial charge in [-0.05, 0) is 30.2 Å². The Labute approximate surface area is 212 Å². The van der Waals surface area contributed by atoms with E-state index in [1.165, 1.54) is 12.1 Å². The molecule has 1 aliphatic heterocycles. The third-order valence-electron chi connectivity index (χ3n) is 5.67. The van der Waals surface area contributed by atoms with Crippen LogP contribution in [0.4, 0.5) is 0 Å². The van der Waals surface area contributed by atoms with Crippen molar-refractivity contribution in [1.29, 1.82) is 0 Å². The van der Waals surface area contributed by atoms with E-state index in [0.717, 1.165) is 11.1 Å². The number of epoxide rings is 1. The summed E-state index contributed by atoms with van der Waals surface area (Å²) in [5.41, 5.74) is 12.9. The van der Waals surface area contributed by atoms with E-state index in [1.54, 1.807) is 24.3 Å². The van der Waals surface area contributed by atoms with Crippen LogP contribution in [0.5, 0.6) is 5.75 Å². The van der Waals surface area contributed by atoms with Crippen LogP contribution >= 0.6 is 0 Å². The second-order valence-corrected chi connectivity index (χ2v) is 8.75. The number of benzene rings is 2. The summed E-state index contributed by atoms with van der Waals surface area (Å²) in [6, 6.07) is 11.2. The SMILES string of the molecule is Cc1ccc(C[C@H](NC(=O)[C@H]2O[C@@H]2C(=O)NCC(N)=O)C(=O)N[C@@H](Cc2ccc(O)cc2)C(N)=O)cc1. The van der Waals surface area contributed by atoms with Gasteiger partial charge in [0.2, 0.25) is 17.7 Å². The van der Waals surface area contributed by atoms with Gasteiger partial charge in [0, 0.05) is 12.8 Å². The summed E-state index contributed by atoms with van der Waals surface area (Å²) < 4.78 is 5.12. The molecule has 5 amide bonds. The lowest BCUT2D eigenvalue weighted by molar-refractivity contribution is -0.131. The van der Waals surface area contributed by atoms with E-state index in [1.807, 2.05) is 19.1 Å². The van der Waals surface area contributed by atoms with Crippen LogP contribution in [0.2, 0.25) is 0 Å². The predicted molar refractivity (Wildman–Crippen MR) is 131 cm³/mol. The Morgan fingerprint density at radius 3 is 1.95 bits per heavy atom. The molecular formula is C25H29N5O7. The van der Waals surface area contributed by atoms with E-state index in [2.05, 4.69) is 16.0 Å². The monoisotopic (exact) mass is 511 g/mol. The number of hydrogen-bond donors (Lipinski definition) is 6. The normalized spacial score (nSPS) is 17.6. The maximum absolute atomic E-state index is 13.2. The van der Waals surface area contributed by atoms with Crippen molar-refractivity contribution < 1.29 is 33.8 Å². The topological polar surface area (TPSA) is 206 Å². The minimum absolute atomic E-state index is 0.0493. The van der Waals surface area contributed by atoms with Crippen LogP contribution in [0.15, 0.2) is 48.5 Å². The maximum atomic E-state index is 13.2. The predicted octanol–water partition coefficient (Wildman–Crippen LogP) is -1.69. The number of phenols is 1. The van der Waals surface area contributed by atoms with Gasteiger partial charge in [-0.1, -0.05) is 42.0 Å². The van der Waals surface area contributed by atoms with Gasteiger partial charge in [-0.3, -0.25) is 24.0 Å². The van der Waals surface area contributed by atoms with Crippen LogP contribution in [0.1, 0.15) is 16.7 Å². The first-order valence-corrected chi connectivity index (χ1v) is 11.5. The molecule has 1 heterocycles. The van der Waals surface area contributed by atoms with Crippen LogP contribution < -0.4 is 27.4 Å². The van der Waals surface area contributed by atoms with Crippen molar-refractivity contribution in [3.05, 3.63) is 65.2 Å². The molecule has 0 aliphatic carbocycles. The summed E-state index contributed by atoms with van der Waals surface area (Å²) in [5, 5.41) is 16.9. The molecular weight excluding hydrogens is 482 g/mol. The molecule has 2 aromatic rings. The average molecular weight is 512 g/mol. The zero-order valence-corrected chi connectivity index (χ0v) is 20.1. The quantitative estimate of drug-likeness (QED) is 0.182. The van der Waals surface area contributed by atoms with Crippen LogP contribution in [-0.4, -0.2) is 65.5 Å². The third kappa shape index (κ3) is 8.04. The van der Waals surface area contributed by atoms with E-state index >= 15 is 0 Å². The minimum atomic E-state index is -1.15. The van der Waals surface area contributed by atoms with E-state index < -0.39 is 60.4 Å². The first-order valence-electron chi connectivity index (χ1n) is 11.5. The molecule has 8 N–H and O–H groups in total. The zero-order chi connectivity index (χ0) is 27.1. The molecule has 0 spiro atoms. The van der Waals surface area contributed by atoms with Gasteiger partial charge in [0.1, 0.15) is 17.8 Å². The smallest absolute Gasteiger partial charge is 0.253 e. The molecule has 1 aliphatic rings. The van der Waals surface area contributed by atoms with Crippen molar-refractivity contribution >= 4 is 29.5 Å². The zero-order valence-electron chi connectivity index (χ0n) is 20.1. The van der Waals surface area contributed by atoms with Gasteiger partial charge in [-0.15, -0.1) is 0 Å². The van der Waals surface area contributed by atoms with E-state index in [9.17, 15) is 29.1 Å². The number of aromatic hydroxyl groups is 1. The molecule has 0 radical (unpaired) electrons. The van der Waals surface area contributed by atoms with Crippen molar-refractivity contribution in [3.63, 3.8) is 0 Å². The lowest BCUT2D eigenvalue weighted by Crippen LogP contribution is -2.55. The second kappa shape index (κ2) is 12.0. The molecule has 1 saturated heterocycles.